The molecule has 7 nitrogen and oxygen atoms in total. The van der Waals surface area contributed by atoms with Gasteiger partial charge in [0.2, 0.25) is 5.91 Å². The Bertz CT molecular complexity index is 602. The van der Waals surface area contributed by atoms with Crippen molar-refractivity contribution in [1.29, 1.82) is 0 Å². The Balaban J connectivity index is 2.03. The minimum absolute atomic E-state index is 0.0267. The van der Waals surface area contributed by atoms with Gasteiger partial charge in [-0.05, 0) is 13.0 Å². The molecule has 1 N–H and O–H groups in total. The van der Waals surface area contributed by atoms with Crippen molar-refractivity contribution in [2.24, 2.45) is 0 Å². The van der Waals surface area contributed by atoms with Crippen LogP contribution in [0.3, 0.4) is 0 Å². The van der Waals surface area contributed by atoms with E-state index in [1.807, 2.05) is 0 Å². The van der Waals surface area contributed by atoms with E-state index in [1.54, 1.807) is 6.92 Å². The van der Waals surface area contributed by atoms with Gasteiger partial charge in [0, 0.05) is 19.8 Å². The van der Waals surface area contributed by atoms with E-state index >= 15 is 0 Å². The van der Waals surface area contributed by atoms with Gasteiger partial charge in [-0.1, -0.05) is 0 Å². The Labute approximate surface area is 130 Å². The highest BCUT2D eigenvalue weighted by Gasteiger charge is 2.40. The molecule has 128 valence electrons. The number of rotatable bonds is 3. The van der Waals surface area contributed by atoms with Crippen molar-refractivity contribution < 1.29 is 27.5 Å². The van der Waals surface area contributed by atoms with Crippen LogP contribution in [0.1, 0.15) is 12.6 Å². The van der Waals surface area contributed by atoms with Gasteiger partial charge in [-0.3, -0.25) is 14.3 Å². The lowest BCUT2D eigenvalue weighted by molar-refractivity contribution is -0.163. The van der Waals surface area contributed by atoms with Crippen molar-refractivity contribution in [2.45, 2.75) is 25.2 Å². The zero-order chi connectivity index (χ0) is 17.3. The third-order valence-corrected chi connectivity index (χ3v) is 3.56. The molecule has 0 aliphatic carbocycles. The van der Waals surface area contributed by atoms with Crippen LogP contribution < -0.4 is 5.32 Å². The zero-order valence-corrected chi connectivity index (χ0v) is 12.7. The molecule has 0 spiro atoms. The summed E-state index contributed by atoms with van der Waals surface area (Å²) in [6.07, 6.45) is -3.45. The molecular formula is C13H17F3N4O3. The number of amides is 2. The summed E-state index contributed by atoms with van der Waals surface area (Å²) in [5.74, 6) is -0.798. The number of carbonyl (C=O) groups is 2. The van der Waals surface area contributed by atoms with Crippen molar-refractivity contribution in [1.82, 2.24) is 20.0 Å². The average molecular weight is 334 g/mol. The van der Waals surface area contributed by atoms with Gasteiger partial charge in [0.15, 0.2) is 11.3 Å². The second kappa shape index (κ2) is 6.19. The molecule has 1 fully saturated rings. The Hall–Kier alpha value is -2.10. The Kier molecular flexibility index (Phi) is 4.64. The Morgan fingerprint density at radius 1 is 1.48 bits per heavy atom. The molecule has 0 saturated carbocycles. The smallest absolute Gasteiger partial charge is 0.362 e. The van der Waals surface area contributed by atoms with Gasteiger partial charge in [0.05, 0.1) is 13.2 Å². The van der Waals surface area contributed by atoms with Gasteiger partial charge in [-0.15, -0.1) is 0 Å². The number of hydrogen-bond acceptors (Lipinski definition) is 4. The molecule has 2 heterocycles. The number of nitrogens with one attached hydrogen (secondary N) is 1. The minimum Gasteiger partial charge on any atom is -0.362 e. The lowest BCUT2D eigenvalue weighted by Gasteiger charge is -2.39. The summed E-state index contributed by atoms with van der Waals surface area (Å²) in [6.45, 7) is 1.68. The van der Waals surface area contributed by atoms with Crippen LogP contribution in [0.2, 0.25) is 0 Å². The quantitative estimate of drug-likeness (QED) is 0.861. The molecule has 1 aromatic rings. The predicted octanol–water partition coefficient (Wildman–Crippen LogP) is 0.265. The third-order valence-electron chi connectivity index (χ3n) is 3.56. The molecule has 1 aliphatic rings. The number of likely N-dealkylation sites (N-methyl/N-ethyl adjacent to an activating group) is 1. The maximum atomic E-state index is 12.5. The molecule has 1 aliphatic heterocycles. The fourth-order valence-electron chi connectivity index (χ4n) is 2.32. The number of ether oxygens (including phenoxy) is 1. The van der Waals surface area contributed by atoms with E-state index in [0.29, 0.717) is 0 Å². The molecule has 0 radical (unpaired) electrons. The summed E-state index contributed by atoms with van der Waals surface area (Å²) in [5, 5.41) is 5.80. The average Bonchev–Trinajstić information content (AvgIpc) is 2.95. The summed E-state index contributed by atoms with van der Waals surface area (Å²) in [4.78, 5) is 25.4. The van der Waals surface area contributed by atoms with Crippen LogP contribution >= 0.6 is 0 Å². The molecule has 2 amide bonds. The minimum atomic E-state index is -4.55. The first kappa shape index (κ1) is 17.3. The largest absolute Gasteiger partial charge is 0.435 e. The van der Waals surface area contributed by atoms with Gasteiger partial charge in [-0.2, -0.15) is 18.3 Å². The molecule has 1 atom stereocenters. The van der Waals surface area contributed by atoms with E-state index < -0.39 is 23.4 Å². The van der Waals surface area contributed by atoms with Crippen LogP contribution in [0.5, 0.6) is 0 Å². The third kappa shape index (κ3) is 3.81. The van der Waals surface area contributed by atoms with Crippen molar-refractivity contribution in [3.8, 4) is 0 Å². The van der Waals surface area contributed by atoms with Gasteiger partial charge in [0.25, 0.3) is 5.91 Å². The van der Waals surface area contributed by atoms with E-state index in [9.17, 15) is 22.8 Å². The van der Waals surface area contributed by atoms with Crippen molar-refractivity contribution in [3.63, 3.8) is 0 Å². The fourth-order valence-corrected chi connectivity index (χ4v) is 2.32. The lowest BCUT2D eigenvalue weighted by Crippen LogP contribution is -2.59. The monoisotopic (exact) mass is 334 g/mol. The first-order valence-electron chi connectivity index (χ1n) is 6.90. The maximum Gasteiger partial charge on any atom is 0.435 e. The number of aromatic nitrogens is 2. The number of morpholine rings is 1. The first-order chi connectivity index (χ1) is 10.7. The van der Waals surface area contributed by atoms with E-state index in [2.05, 4.69) is 10.4 Å². The summed E-state index contributed by atoms with van der Waals surface area (Å²) in [6, 6.07) is 0.807. The normalized spacial score (nSPS) is 22.0. The molecular weight excluding hydrogens is 317 g/mol. The highest BCUT2D eigenvalue weighted by molar-refractivity contribution is 5.86. The highest BCUT2D eigenvalue weighted by atomic mass is 19.4. The molecule has 1 saturated heterocycles. The van der Waals surface area contributed by atoms with E-state index in [0.717, 1.165) is 16.9 Å². The van der Waals surface area contributed by atoms with E-state index in [1.165, 1.54) is 11.9 Å². The van der Waals surface area contributed by atoms with Crippen LogP contribution in [-0.4, -0.2) is 58.8 Å². The van der Waals surface area contributed by atoms with Crippen LogP contribution in [0.15, 0.2) is 12.3 Å². The van der Waals surface area contributed by atoms with Gasteiger partial charge in [0.1, 0.15) is 6.54 Å². The number of halogens is 3. The number of alkyl halides is 3. The number of hydrogen-bond donors (Lipinski definition) is 1. The SMILES string of the molecule is CNC(=O)[C@]1(C)CN(C(=O)Cn2ccc(C(F)(F)F)n2)CCO1. The molecule has 0 unspecified atom stereocenters. The lowest BCUT2D eigenvalue weighted by atomic mass is 10.0. The topological polar surface area (TPSA) is 76.5 Å². The Morgan fingerprint density at radius 3 is 2.74 bits per heavy atom. The van der Waals surface area contributed by atoms with Gasteiger partial charge in [-0.25, -0.2) is 0 Å². The van der Waals surface area contributed by atoms with Crippen LogP contribution in [0.4, 0.5) is 13.2 Å². The van der Waals surface area contributed by atoms with Crippen molar-refractivity contribution >= 4 is 11.8 Å². The van der Waals surface area contributed by atoms with E-state index in [4.69, 9.17) is 4.74 Å². The fraction of sp³-hybridized carbons (Fsp3) is 0.615. The first-order valence-corrected chi connectivity index (χ1v) is 6.90. The summed E-state index contributed by atoms with van der Waals surface area (Å²) < 4.78 is 43.8. The highest BCUT2D eigenvalue weighted by Crippen LogP contribution is 2.27. The molecule has 1 aromatic heterocycles. The summed E-state index contributed by atoms with van der Waals surface area (Å²) in [5.41, 5.74) is -2.23. The molecule has 0 bridgehead atoms. The van der Waals surface area contributed by atoms with Crippen molar-refractivity contribution in [2.75, 3.05) is 26.7 Å². The Morgan fingerprint density at radius 2 is 2.17 bits per heavy atom. The number of nitrogens with zero attached hydrogens (tertiary/aromatic N) is 3. The van der Waals surface area contributed by atoms with E-state index in [-0.39, 0.29) is 32.1 Å². The van der Waals surface area contributed by atoms with Gasteiger partial charge < -0.3 is 15.0 Å². The van der Waals surface area contributed by atoms with Crippen LogP contribution in [0.25, 0.3) is 0 Å². The second-order valence-corrected chi connectivity index (χ2v) is 5.37. The van der Waals surface area contributed by atoms with Crippen molar-refractivity contribution in [3.05, 3.63) is 18.0 Å². The molecule has 10 heteroatoms. The second-order valence-electron chi connectivity index (χ2n) is 5.37. The zero-order valence-electron chi connectivity index (χ0n) is 12.7. The van der Waals surface area contributed by atoms with Crippen LogP contribution in [-0.2, 0) is 27.0 Å². The van der Waals surface area contributed by atoms with Gasteiger partial charge >= 0.3 is 6.18 Å². The summed E-state index contributed by atoms with van der Waals surface area (Å²) >= 11 is 0. The summed E-state index contributed by atoms with van der Waals surface area (Å²) in [7, 11) is 1.46. The molecule has 0 aromatic carbocycles. The number of carbonyl (C=O) groups excluding carboxylic acids is 2. The predicted molar refractivity (Wildman–Crippen MR) is 72.2 cm³/mol. The molecule has 2 rings (SSSR count). The molecule has 23 heavy (non-hydrogen) atoms. The van der Waals surface area contributed by atoms with Crippen LogP contribution in [0, 0.1) is 0 Å². The standard InChI is InChI=1S/C13H17F3N4O3/c1-12(11(22)17-2)8-19(5-6-23-12)10(21)7-20-4-3-9(18-20)13(14,15)16/h3-4H,5-8H2,1-2H3,(H,17,22)/t12-/m0/s1. The maximum absolute atomic E-state index is 12.5.